The average molecular weight is 348 g/mol. The zero-order valence-corrected chi connectivity index (χ0v) is 13.5. The Morgan fingerprint density at radius 1 is 0.880 bits per heavy atom. The molecule has 0 bridgehead atoms. The van der Waals surface area contributed by atoms with Gasteiger partial charge in [0.05, 0.1) is 5.56 Å². The van der Waals surface area contributed by atoms with E-state index in [1.54, 1.807) is 24.3 Å². The van der Waals surface area contributed by atoms with E-state index in [0.29, 0.717) is 28.3 Å². The van der Waals surface area contributed by atoms with Gasteiger partial charge >= 0.3 is 6.61 Å². The highest BCUT2D eigenvalue weighted by Crippen LogP contribution is 2.31. The zero-order chi connectivity index (χ0) is 18.0. The second-order valence-corrected chi connectivity index (χ2v) is 5.79. The topological polar surface area (TPSA) is 9.23 Å². The summed E-state index contributed by atoms with van der Waals surface area (Å²) in [5.74, 6) is -1.18. The number of rotatable bonds is 5. The molecule has 1 nitrogen and oxygen atoms in total. The molecule has 0 radical (unpaired) electrons. The molecule has 3 rings (SSSR count). The van der Waals surface area contributed by atoms with Gasteiger partial charge in [0.1, 0.15) is 17.4 Å². The Morgan fingerprint density at radius 2 is 1.52 bits per heavy atom. The third-order valence-corrected chi connectivity index (χ3v) is 3.97. The largest absolute Gasteiger partial charge is 0.435 e. The first-order chi connectivity index (χ1) is 12.0. The summed E-state index contributed by atoms with van der Waals surface area (Å²) in [5, 5.41) is 1.32. The van der Waals surface area contributed by atoms with E-state index in [-0.39, 0.29) is 11.3 Å². The molecule has 0 aliphatic carbocycles. The van der Waals surface area contributed by atoms with E-state index in [4.69, 9.17) is 0 Å². The van der Waals surface area contributed by atoms with Gasteiger partial charge < -0.3 is 4.74 Å². The third kappa shape index (κ3) is 3.76. The summed E-state index contributed by atoms with van der Waals surface area (Å²) in [6.45, 7) is -0.958. The van der Waals surface area contributed by atoms with Crippen LogP contribution in [0.2, 0.25) is 0 Å². The summed E-state index contributed by atoms with van der Waals surface area (Å²) < 4.78 is 57.7. The number of ether oxygens (including phenoxy) is 1. The van der Waals surface area contributed by atoms with Gasteiger partial charge in [-0.25, -0.2) is 8.78 Å². The van der Waals surface area contributed by atoms with Gasteiger partial charge in [-0.3, -0.25) is 0 Å². The van der Waals surface area contributed by atoms with Crippen molar-refractivity contribution >= 4 is 10.8 Å². The van der Waals surface area contributed by atoms with Crippen molar-refractivity contribution in [1.82, 2.24) is 0 Å². The van der Waals surface area contributed by atoms with E-state index in [1.165, 1.54) is 24.3 Å². The molecule has 25 heavy (non-hydrogen) atoms. The Morgan fingerprint density at radius 3 is 2.16 bits per heavy atom. The van der Waals surface area contributed by atoms with Crippen molar-refractivity contribution in [3.05, 3.63) is 65.7 Å². The van der Waals surface area contributed by atoms with E-state index in [1.807, 2.05) is 6.92 Å². The van der Waals surface area contributed by atoms with Crippen LogP contribution in [0.3, 0.4) is 0 Å². The van der Waals surface area contributed by atoms with Crippen LogP contribution in [0.15, 0.2) is 48.5 Å². The molecular formula is C20H16F4O. The Labute approximate surface area is 142 Å². The van der Waals surface area contributed by atoms with E-state index in [0.717, 1.165) is 6.42 Å². The Balaban J connectivity index is 2.02. The smallest absolute Gasteiger partial charge is 0.387 e. The van der Waals surface area contributed by atoms with Crippen LogP contribution in [-0.4, -0.2) is 6.61 Å². The fourth-order valence-corrected chi connectivity index (χ4v) is 2.89. The number of hydrogen-bond acceptors (Lipinski definition) is 1. The lowest BCUT2D eigenvalue weighted by Gasteiger charge is -2.10. The van der Waals surface area contributed by atoms with Crippen molar-refractivity contribution in [3.8, 4) is 16.9 Å². The molecule has 0 spiro atoms. The maximum atomic E-state index is 14.4. The highest BCUT2D eigenvalue weighted by Gasteiger charge is 2.14. The molecule has 0 N–H and O–H groups in total. The quantitative estimate of drug-likeness (QED) is 0.489. The first-order valence-electron chi connectivity index (χ1n) is 7.95. The molecule has 0 aliphatic rings. The van der Waals surface area contributed by atoms with Crippen LogP contribution < -0.4 is 4.74 Å². The number of hydrogen-bond donors (Lipinski definition) is 0. The van der Waals surface area contributed by atoms with Crippen LogP contribution in [0.5, 0.6) is 5.75 Å². The number of aryl methyl sites for hydroxylation is 1. The molecule has 3 aromatic carbocycles. The summed E-state index contributed by atoms with van der Waals surface area (Å²) in [4.78, 5) is 0. The molecule has 0 heterocycles. The van der Waals surface area contributed by atoms with Crippen molar-refractivity contribution in [1.29, 1.82) is 0 Å². The number of fused-ring (bicyclic) bond motifs is 1. The van der Waals surface area contributed by atoms with Crippen molar-refractivity contribution in [2.45, 2.75) is 26.4 Å². The van der Waals surface area contributed by atoms with Gasteiger partial charge in [-0.2, -0.15) is 8.78 Å². The Hall–Kier alpha value is -2.56. The van der Waals surface area contributed by atoms with Crippen LogP contribution in [0.4, 0.5) is 17.6 Å². The summed E-state index contributed by atoms with van der Waals surface area (Å²) in [5.41, 5.74) is 0.929. The number of benzene rings is 3. The molecule has 0 saturated carbocycles. The normalized spacial score (nSPS) is 11.3. The Bertz CT molecular complexity index is 882. The van der Waals surface area contributed by atoms with Crippen LogP contribution in [0.25, 0.3) is 21.9 Å². The second kappa shape index (κ2) is 7.13. The third-order valence-electron chi connectivity index (χ3n) is 3.97. The van der Waals surface area contributed by atoms with Gasteiger partial charge in [0.2, 0.25) is 0 Å². The van der Waals surface area contributed by atoms with Crippen molar-refractivity contribution in [2.24, 2.45) is 0 Å². The summed E-state index contributed by atoms with van der Waals surface area (Å²) in [7, 11) is 0. The molecule has 0 unspecified atom stereocenters. The lowest BCUT2D eigenvalue weighted by molar-refractivity contribution is -0.0497. The number of halogens is 4. The monoisotopic (exact) mass is 348 g/mol. The van der Waals surface area contributed by atoms with E-state index in [9.17, 15) is 17.6 Å². The van der Waals surface area contributed by atoms with Crippen LogP contribution in [0, 0.1) is 11.6 Å². The van der Waals surface area contributed by atoms with Crippen LogP contribution in [0.1, 0.15) is 18.9 Å². The van der Waals surface area contributed by atoms with Crippen LogP contribution in [-0.2, 0) is 6.42 Å². The summed E-state index contributed by atoms with van der Waals surface area (Å²) >= 11 is 0. The Kier molecular flexibility index (Phi) is 4.93. The fourth-order valence-electron chi connectivity index (χ4n) is 2.89. The highest BCUT2D eigenvalue weighted by molar-refractivity contribution is 5.88. The average Bonchev–Trinajstić information content (AvgIpc) is 2.54. The summed E-state index contributed by atoms with van der Waals surface area (Å²) in [6, 6.07) is 12.0. The molecule has 0 atom stereocenters. The fraction of sp³-hybridized carbons (Fsp3) is 0.200. The predicted octanol–water partition coefficient (Wildman–Crippen LogP) is 6.34. The predicted molar refractivity (Wildman–Crippen MR) is 89.9 cm³/mol. The van der Waals surface area contributed by atoms with Gasteiger partial charge in [0, 0.05) is 0 Å². The molecule has 5 heteroatoms. The molecule has 3 aromatic rings. The first kappa shape index (κ1) is 17.3. The minimum atomic E-state index is -2.90. The molecule has 0 saturated heterocycles. The van der Waals surface area contributed by atoms with Gasteiger partial charge in [-0.1, -0.05) is 31.5 Å². The van der Waals surface area contributed by atoms with Gasteiger partial charge in [0.25, 0.3) is 0 Å². The van der Waals surface area contributed by atoms with Crippen molar-refractivity contribution in [2.75, 3.05) is 0 Å². The molecule has 130 valence electrons. The molecule has 0 fully saturated rings. The lowest BCUT2D eigenvalue weighted by atomic mass is 9.98. The minimum absolute atomic E-state index is 0.0385. The van der Waals surface area contributed by atoms with Gasteiger partial charge in [-0.15, -0.1) is 0 Å². The van der Waals surface area contributed by atoms with Crippen molar-refractivity contribution < 1.29 is 22.3 Å². The SMILES string of the molecule is CCCc1cc(F)c(-c2ccc3cc(OC(F)F)ccc3c2)c(F)c1. The maximum absolute atomic E-state index is 14.4. The van der Waals surface area contributed by atoms with E-state index < -0.39 is 18.2 Å². The van der Waals surface area contributed by atoms with Crippen molar-refractivity contribution in [3.63, 3.8) is 0 Å². The second-order valence-electron chi connectivity index (χ2n) is 5.79. The molecule has 0 amide bonds. The van der Waals surface area contributed by atoms with Crippen LogP contribution >= 0.6 is 0 Å². The zero-order valence-electron chi connectivity index (χ0n) is 13.5. The summed E-state index contributed by atoms with van der Waals surface area (Å²) in [6.07, 6.45) is 1.41. The number of alkyl halides is 2. The highest BCUT2D eigenvalue weighted by atomic mass is 19.3. The minimum Gasteiger partial charge on any atom is -0.435 e. The maximum Gasteiger partial charge on any atom is 0.387 e. The lowest BCUT2D eigenvalue weighted by Crippen LogP contribution is -2.01. The standard InChI is InChI=1S/C20H16F4O/c1-2-3-12-8-17(21)19(18(22)9-12)15-5-4-14-11-16(25-20(23)24)7-6-13(14)10-15/h4-11,20H,2-3H2,1H3. The molecule has 0 aromatic heterocycles. The van der Waals surface area contributed by atoms with E-state index >= 15 is 0 Å². The molecule has 0 aliphatic heterocycles. The van der Waals surface area contributed by atoms with E-state index in [2.05, 4.69) is 4.74 Å². The molecular weight excluding hydrogens is 332 g/mol. The van der Waals surface area contributed by atoms with Gasteiger partial charge in [-0.05, 0) is 58.7 Å². The van der Waals surface area contributed by atoms with Gasteiger partial charge in [0.15, 0.2) is 0 Å². The first-order valence-corrected chi connectivity index (χ1v) is 7.95.